The van der Waals surface area contributed by atoms with Gasteiger partial charge in [0.05, 0.1) is 6.54 Å². The predicted octanol–water partition coefficient (Wildman–Crippen LogP) is 1.42. The van der Waals surface area contributed by atoms with Gasteiger partial charge in [0.1, 0.15) is 0 Å². The summed E-state index contributed by atoms with van der Waals surface area (Å²) in [5, 5.41) is 0. The molecule has 52 valence electrons. The van der Waals surface area contributed by atoms with E-state index in [2.05, 4.69) is 16.7 Å². The van der Waals surface area contributed by atoms with Crippen molar-refractivity contribution >= 4 is 6.72 Å². The number of rotatable bonds is 2. The third-order valence-electron chi connectivity index (χ3n) is 1.09. The van der Waals surface area contributed by atoms with Gasteiger partial charge in [-0.1, -0.05) is 0 Å². The minimum absolute atomic E-state index is 0.444. The van der Waals surface area contributed by atoms with E-state index in [1.807, 2.05) is 0 Å². The Labute approximate surface area is 58.4 Å². The first-order valence-corrected chi connectivity index (χ1v) is 2.86. The van der Waals surface area contributed by atoms with Gasteiger partial charge in [0, 0.05) is 6.20 Å². The number of aliphatic imine (C=N–C) groups is 1. The van der Waals surface area contributed by atoms with E-state index in [0.717, 1.165) is 5.56 Å². The molecule has 0 saturated carbocycles. The van der Waals surface area contributed by atoms with Crippen molar-refractivity contribution in [1.29, 1.82) is 0 Å². The Kier molecular flexibility index (Phi) is 2.10. The molecular weight excluding hydrogens is 131 g/mol. The fraction of sp³-hybridized carbons (Fsp3) is 0.143. The Hall–Kier alpha value is -1.25. The lowest BCUT2D eigenvalue weighted by atomic mass is 10.3. The van der Waals surface area contributed by atoms with Crippen molar-refractivity contribution in [2.45, 2.75) is 6.54 Å². The van der Waals surface area contributed by atoms with Gasteiger partial charge in [0.2, 0.25) is 5.95 Å². The van der Waals surface area contributed by atoms with Crippen molar-refractivity contribution in [1.82, 2.24) is 4.98 Å². The number of hydrogen-bond donors (Lipinski definition) is 0. The number of hydrogen-bond acceptors (Lipinski definition) is 2. The second-order valence-electron chi connectivity index (χ2n) is 1.87. The van der Waals surface area contributed by atoms with Crippen LogP contribution in [0.2, 0.25) is 0 Å². The normalized spacial score (nSPS) is 9.30. The molecule has 1 rings (SSSR count). The van der Waals surface area contributed by atoms with Crippen LogP contribution in [-0.2, 0) is 6.54 Å². The summed E-state index contributed by atoms with van der Waals surface area (Å²) >= 11 is 0. The lowest BCUT2D eigenvalue weighted by Crippen LogP contribution is -1.85. The largest absolute Gasteiger partial charge is 0.296 e. The van der Waals surface area contributed by atoms with Gasteiger partial charge < -0.3 is 0 Å². The van der Waals surface area contributed by atoms with Gasteiger partial charge in [-0.3, -0.25) is 4.99 Å². The molecule has 0 spiro atoms. The van der Waals surface area contributed by atoms with Crippen LogP contribution >= 0.6 is 0 Å². The smallest absolute Gasteiger partial charge is 0.213 e. The van der Waals surface area contributed by atoms with Gasteiger partial charge in [-0.05, 0) is 24.4 Å². The molecule has 0 atom stereocenters. The highest BCUT2D eigenvalue weighted by atomic mass is 19.1. The van der Waals surface area contributed by atoms with Gasteiger partial charge in [0.25, 0.3) is 0 Å². The first kappa shape index (κ1) is 6.86. The van der Waals surface area contributed by atoms with Crippen molar-refractivity contribution < 1.29 is 4.39 Å². The van der Waals surface area contributed by atoms with Gasteiger partial charge in [0.15, 0.2) is 0 Å². The monoisotopic (exact) mass is 138 g/mol. The van der Waals surface area contributed by atoms with Crippen LogP contribution in [0.15, 0.2) is 23.3 Å². The average molecular weight is 138 g/mol. The van der Waals surface area contributed by atoms with Crippen LogP contribution in [0.4, 0.5) is 4.39 Å². The summed E-state index contributed by atoms with van der Waals surface area (Å²) in [6.45, 7) is 3.74. The van der Waals surface area contributed by atoms with Crippen LogP contribution < -0.4 is 0 Å². The second kappa shape index (κ2) is 3.06. The zero-order valence-electron chi connectivity index (χ0n) is 5.42. The summed E-state index contributed by atoms with van der Waals surface area (Å²) in [4.78, 5) is 7.00. The van der Waals surface area contributed by atoms with Crippen LogP contribution in [0.1, 0.15) is 5.56 Å². The molecule has 10 heavy (non-hydrogen) atoms. The molecule has 0 amide bonds. The van der Waals surface area contributed by atoms with Gasteiger partial charge >= 0.3 is 0 Å². The molecule has 0 aliphatic heterocycles. The molecule has 0 aromatic carbocycles. The van der Waals surface area contributed by atoms with E-state index >= 15 is 0 Å². The topological polar surface area (TPSA) is 25.2 Å². The van der Waals surface area contributed by atoms with Crippen LogP contribution in [0, 0.1) is 5.95 Å². The Morgan fingerprint density at radius 3 is 3.10 bits per heavy atom. The maximum Gasteiger partial charge on any atom is 0.213 e. The standard InChI is InChI=1S/C7H7FN2/c1-9-5-6-2-3-10-7(8)4-6/h2-4H,1,5H2. The van der Waals surface area contributed by atoms with E-state index in [4.69, 9.17) is 0 Å². The highest BCUT2D eigenvalue weighted by Crippen LogP contribution is 2.00. The molecule has 0 aliphatic rings. The Morgan fingerprint density at radius 1 is 1.70 bits per heavy atom. The highest BCUT2D eigenvalue weighted by Gasteiger charge is 1.92. The van der Waals surface area contributed by atoms with Crippen LogP contribution in [-0.4, -0.2) is 11.7 Å². The summed E-state index contributed by atoms with van der Waals surface area (Å²) < 4.78 is 12.3. The summed E-state index contributed by atoms with van der Waals surface area (Å²) in [5.74, 6) is -0.471. The first-order valence-electron chi connectivity index (χ1n) is 2.86. The predicted molar refractivity (Wildman–Crippen MR) is 37.4 cm³/mol. The number of aromatic nitrogens is 1. The highest BCUT2D eigenvalue weighted by molar-refractivity contribution is 5.24. The fourth-order valence-electron chi connectivity index (χ4n) is 0.670. The molecule has 1 aromatic rings. The van der Waals surface area contributed by atoms with Crippen molar-refractivity contribution in [3.8, 4) is 0 Å². The molecule has 0 radical (unpaired) electrons. The molecule has 0 aliphatic carbocycles. The molecule has 0 saturated heterocycles. The average Bonchev–Trinajstić information content (AvgIpc) is 1.88. The van der Waals surface area contributed by atoms with Crippen molar-refractivity contribution in [3.05, 3.63) is 29.8 Å². The zero-order chi connectivity index (χ0) is 7.40. The van der Waals surface area contributed by atoms with Crippen LogP contribution in [0.25, 0.3) is 0 Å². The van der Waals surface area contributed by atoms with Crippen molar-refractivity contribution in [2.24, 2.45) is 4.99 Å². The third kappa shape index (κ3) is 1.62. The molecule has 2 nitrogen and oxygen atoms in total. The molecule has 1 heterocycles. The van der Waals surface area contributed by atoms with Gasteiger partial charge in [-0.15, -0.1) is 0 Å². The SMILES string of the molecule is C=NCc1ccnc(F)c1. The molecule has 3 heteroatoms. The molecule has 1 aromatic heterocycles. The molecule has 0 unspecified atom stereocenters. The van der Waals surface area contributed by atoms with E-state index in [1.165, 1.54) is 12.3 Å². The minimum atomic E-state index is -0.471. The van der Waals surface area contributed by atoms with Crippen molar-refractivity contribution in [2.75, 3.05) is 0 Å². The van der Waals surface area contributed by atoms with E-state index in [0.29, 0.717) is 6.54 Å². The maximum absolute atomic E-state index is 12.3. The second-order valence-corrected chi connectivity index (χ2v) is 1.87. The molecule has 0 fully saturated rings. The Morgan fingerprint density at radius 2 is 2.50 bits per heavy atom. The number of nitrogens with zero attached hydrogens (tertiary/aromatic N) is 2. The third-order valence-corrected chi connectivity index (χ3v) is 1.09. The van der Waals surface area contributed by atoms with E-state index < -0.39 is 5.95 Å². The molecular formula is C7H7FN2. The zero-order valence-corrected chi connectivity index (χ0v) is 5.42. The fourth-order valence-corrected chi connectivity index (χ4v) is 0.670. The quantitative estimate of drug-likeness (QED) is 0.448. The summed E-state index contributed by atoms with van der Waals surface area (Å²) in [5.41, 5.74) is 0.794. The summed E-state index contributed by atoms with van der Waals surface area (Å²) in [6, 6.07) is 3.05. The molecule has 0 N–H and O–H groups in total. The Balaban J connectivity index is 2.84. The van der Waals surface area contributed by atoms with Gasteiger partial charge in [-0.25, -0.2) is 4.98 Å². The lowest BCUT2D eigenvalue weighted by Gasteiger charge is -1.92. The van der Waals surface area contributed by atoms with E-state index in [-0.39, 0.29) is 0 Å². The van der Waals surface area contributed by atoms with E-state index in [9.17, 15) is 4.39 Å². The number of halogens is 1. The van der Waals surface area contributed by atoms with Crippen LogP contribution in [0.3, 0.4) is 0 Å². The molecule has 0 bridgehead atoms. The maximum atomic E-state index is 12.3. The van der Waals surface area contributed by atoms with E-state index in [1.54, 1.807) is 6.07 Å². The Bertz CT molecular complexity index is 235. The minimum Gasteiger partial charge on any atom is -0.296 e. The summed E-state index contributed by atoms with van der Waals surface area (Å²) in [7, 11) is 0. The summed E-state index contributed by atoms with van der Waals surface area (Å²) in [6.07, 6.45) is 1.41. The number of pyridine rings is 1. The van der Waals surface area contributed by atoms with Gasteiger partial charge in [-0.2, -0.15) is 4.39 Å². The first-order chi connectivity index (χ1) is 4.83. The lowest BCUT2D eigenvalue weighted by molar-refractivity contribution is 0.581. The van der Waals surface area contributed by atoms with Crippen molar-refractivity contribution in [3.63, 3.8) is 0 Å². The van der Waals surface area contributed by atoms with Crippen LogP contribution in [0.5, 0.6) is 0 Å².